The molecule has 0 bridgehead atoms. The Labute approximate surface area is 192 Å². The molecule has 0 spiro atoms. The van der Waals surface area contributed by atoms with Crippen LogP contribution in [-0.4, -0.2) is 25.9 Å². The number of ether oxygens (including phenoxy) is 1. The second-order valence-electron chi connectivity index (χ2n) is 6.43. The second kappa shape index (κ2) is 9.79. The third-order valence-electron chi connectivity index (χ3n) is 4.27. The van der Waals surface area contributed by atoms with Gasteiger partial charge in [0.2, 0.25) is 0 Å². The summed E-state index contributed by atoms with van der Waals surface area (Å²) in [5, 5.41) is 13.9. The van der Waals surface area contributed by atoms with Gasteiger partial charge in [0.05, 0.1) is 33.7 Å². The van der Waals surface area contributed by atoms with E-state index in [1.807, 2.05) is 0 Å². The number of halogens is 1. The molecule has 2 N–H and O–H groups in total. The van der Waals surface area contributed by atoms with Crippen LogP contribution in [0, 0.1) is 10.1 Å². The Morgan fingerprint density at radius 1 is 1.06 bits per heavy atom. The number of anilines is 2. The highest BCUT2D eigenvalue weighted by Crippen LogP contribution is 2.30. The van der Waals surface area contributed by atoms with Crippen LogP contribution in [0.3, 0.4) is 0 Å². The van der Waals surface area contributed by atoms with Crippen LogP contribution in [0.15, 0.2) is 76.1 Å². The van der Waals surface area contributed by atoms with Crippen molar-refractivity contribution in [2.75, 3.05) is 16.6 Å². The molecule has 0 atom stereocenters. The largest absolute Gasteiger partial charge is 0.494 e. The lowest BCUT2D eigenvalue weighted by Gasteiger charge is -2.13. The van der Waals surface area contributed by atoms with Gasteiger partial charge in [-0.15, -0.1) is 0 Å². The normalized spacial score (nSPS) is 10.9. The molecule has 0 radical (unpaired) electrons. The van der Waals surface area contributed by atoms with Crippen LogP contribution in [0.2, 0.25) is 0 Å². The Bertz CT molecular complexity index is 1260. The maximum atomic E-state index is 12.9. The second-order valence-corrected chi connectivity index (χ2v) is 9.03. The monoisotopic (exact) mass is 519 g/mol. The number of rotatable bonds is 8. The SMILES string of the molecule is CCOc1ccc(NC(=O)c2ccccc2NS(=O)(=O)c2ccc(Br)cc2)c([N+](=O)[O-])c1. The molecule has 0 saturated carbocycles. The van der Waals surface area contributed by atoms with Gasteiger partial charge in [0, 0.05) is 4.47 Å². The highest BCUT2D eigenvalue weighted by molar-refractivity contribution is 9.10. The van der Waals surface area contributed by atoms with E-state index in [2.05, 4.69) is 26.0 Å². The van der Waals surface area contributed by atoms with E-state index in [0.29, 0.717) is 16.8 Å². The van der Waals surface area contributed by atoms with Crippen molar-refractivity contribution in [3.8, 4) is 5.75 Å². The Hall–Kier alpha value is -3.44. The van der Waals surface area contributed by atoms with Gasteiger partial charge in [-0.1, -0.05) is 28.1 Å². The van der Waals surface area contributed by atoms with E-state index in [1.165, 1.54) is 42.5 Å². The van der Waals surface area contributed by atoms with Crippen molar-refractivity contribution in [2.45, 2.75) is 11.8 Å². The van der Waals surface area contributed by atoms with Gasteiger partial charge in [-0.25, -0.2) is 8.42 Å². The van der Waals surface area contributed by atoms with Gasteiger partial charge in [-0.3, -0.25) is 19.6 Å². The summed E-state index contributed by atoms with van der Waals surface area (Å²) < 4.78 is 33.8. The number of carbonyl (C=O) groups is 1. The molecule has 0 saturated heterocycles. The van der Waals surface area contributed by atoms with Gasteiger partial charge in [0.15, 0.2) is 0 Å². The third-order valence-corrected chi connectivity index (χ3v) is 6.18. The van der Waals surface area contributed by atoms with Crippen LogP contribution in [0.25, 0.3) is 0 Å². The Morgan fingerprint density at radius 2 is 1.75 bits per heavy atom. The number of nitro groups is 1. The number of amides is 1. The first-order chi connectivity index (χ1) is 15.2. The summed E-state index contributed by atoms with van der Waals surface area (Å²) in [6.45, 7) is 2.07. The number of hydrogen-bond donors (Lipinski definition) is 2. The molecule has 0 unspecified atom stereocenters. The summed E-state index contributed by atoms with van der Waals surface area (Å²) in [6.07, 6.45) is 0. The molecule has 0 aromatic heterocycles. The molecule has 3 aromatic carbocycles. The summed E-state index contributed by atoms with van der Waals surface area (Å²) in [7, 11) is -3.97. The molecule has 0 aliphatic heterocycles. The van der Waals surface area contributed by atoms with E-state index in [1.54, 1.807) is 31.2 Å². The molecule has 9 nitrogen and oxygen atoms in total. The fourth-order valence-corrected chi connectivity index (χ4v) is 4.15. The van der Waals surface area contributed by atoms with Crippen LogP contribution in [0.4, 0.5) is 17.1 Å². The molecular formula is C21H18BrN3O6S. The van der Waals surface area contributed by atoms with Gasteiger partial charge in [-0.05, 0) is 55.5 Å². The Kier molecular flexibility index (Phi) is 7.11. The molecule has 0 heterocycles. The highest BCUT2D eigenvalue weighted by atomic mass is 79.9. The van der Waals surface area contributed by atoms with Crippen LogP contribution in [0.5, 0.6) is 5.75 Å². The van der Waals surface area contributed by atoms with Crippen LogP contribution < -0.4 is 14.8 Å². The van der Waals surface area contributed by atoms with Crippen LogP contribution in [0.1, 0.15) is 17.3 Å². The van der Waals surface area contributed by atoms with E-state index < -0.39 is 20.9 Å². The Balaban J connectivity index is 1.90. The van der Waals surface area contributed by atoms with Crippen molar-refractivity contribution in [2.24, 2.45) is 0 Å². The average Bonchev–Trinajstić information content (AvgIpc) is 2.75. The van der Waals surface area contributed by atoms with E-state index in [0.717, 1.165) is 0 Å². The third kappa shape index (κ3) is 5.42. The Morgan fingerprint density at radius 3 is 2.41 bits per heavy atom. The minimum atomic E-state index is -3.97. The van der Waals surface area contributed by atoms with Gasteiger partial charge >= 0.3 is 0 Å². The number of nitrogens with zero attached hydrogens (tertiary/aromatic N) is 1. The minimum absolute atomic E-state index is 0.00336. The van der Waals surface area contributed by atoms with E-state index >= 15 is 0 Å². The molecule has 1 amide bonds. The number of benzene rings is 3. The zero-order valence-corrected chi connectivity index (χ0v) is 19.1. The van der Waals surface area contributed by atoms with Crippen LogP contribution in [-0.2, 0) is 10.0 Å². The number of para-hydroxylation sites is 1. The lowest BCUT2D eigenvalue weighted by Crippen LogP contribution is -2.19. The van der Waals surface area contributed by atoms with Crippen LogP contribution >= 0.6 is 15.9 Å². The molecule has 11 heteroatoms. The highest BCUT2D eigenvalue weighted by Gasteiger charge is 2.22. The topological polar surface area (TPSA) is 128 Å². The van der Waals surface area contributed by atoms with E-state index in [9.17, 15) is 23.3 Å². The zero-order chi connectivity index (χ0) is 23.3. The summed E-state index contributed by atoms with van der Waals surface area (Å²) in [5.41, 5.74) is -0.371. The number of nitro benzene ring substituents is 1. The quantitative estimate of drug-likeness (QED) is 0.324. The predicted octanol–water partition coefficient (Wildman–Crippen LogP) is 4.81. The number of carbonyl (C=O) groups excluding carboxylic acids is 1. The molecule has 32 heavy (non-hydrogen) atoms. The van der Waals surface area contributed by atoms with Crippen molar-refractivity contribution in [1.82, 2.24) is 0 Å². The van der Waals surface area contributed by atoms with E-state index in [-0.39, 0.29) is 27.5 Å². The number of nitrogens with one attached hydrogen (secondary N) is 2. The van der Waals surface area contributed by atoms with Crippen molar-refractivity contribution in [3.63, 3.8) is 0 Å². The molecule has 0 fully saturated rings. The molecule has 0 aliphatic rings. The summed E-state index contributed by atoms with van der Waals surface area (Å²) in [5.74, 6) is -0.425. The summed E-state index contributed by atoms with van der Waals surface area (Å²) >= 11 is 3.25. The molecule has 0 aliphatic carbocycles. The molecular weight excluding hydrogens is 502 g/mol. The van der Waals surface area contributed by atoms with Gasteiger partial charge in [0.1, 0.15) is 11.4 Å². The summed E-state index contributed by atoms with van der Waals surface area (Å²) in [6, 6.07) is 16.0. The number of hydrogen-bond acceptors (Lipinski definition) is 6. The first kappa shape index (κ1) is 23.2. The smallest absolute Gasteiger partial charge is 0.296 e. The first-order valence-corrected chi connectivity index (χ1v) is 11.6. The minimum Gasteiger partial charge on any atom is -0.494 e. The van der Waals surface area contributed by atoms with E-state index in [4.69, 9.17) is 4.74 Å². The van der Waals surface area contributed by atoms with Crippen molar-refractivity contribution < 1.29 is 22.9 Å². The lowest BCUT2D eigenvalue weighted by molar-refractivity contribution is -0.384. The predicted molar refractivity (Wildman–Crippen MR) is 124 cm³/mol. The maximum Gasteiger partial charge on any atom is 0.296 e. The average molecular weight is 520 g/mol. The fraction of sp³-hybridized carbons (Fsp3) is 0.0952. The van der Waals surface area contributed by atoms with Gasteiger partial charge in [0.25, 0.3) is 21.6 Å². The fourth-order valence-electron chi connectivity index (χ4n) is 2.80. The number of sulfonamides is 1. The van der Waals surface area contributed by atoms with Gasteiger partial charge in [-0.2, -0.15) is 0 Å². The lowest BCUT2D eigenvalue weighted by atomic mass is 10.1. The maximum absolute atomic E-state index is 12.9. The zero-order valence-electron chi connectivity index (χ0n) is 16.7. The molecule has 3 rings (SSSR count). The molecule has 166 valence electrons. The van der Waals surface area contributed by atoms with Gasteiger partial charge < -0.3 is 10.1 Å². The van der Waals surface area contributed by atoms with Crippen molar-refractivity contribution >= 4 is 48.9 Å². The standard InChI is InChI=1S/C21H18BrN3O6S/c1-2-31-15-9-12-19(20(13-15)25(27)28)23-21(26)17-5-3-4-6-18(17)24-32(29,30)16-10-7-14(22)8-11-16/h3-13,24H,2H2,1H3,(H,23,26). The first-order valence-electron chi connectivity index (χ1n) is 9.31. The van der Waals surface area contributed by atoms with Crippen molar-refractivity contribution in [1.29, 1.82) is 0 Å². The van der Waals surface area contributed by atoms with Crippen molar-refractivity contribution in [3.05, 3.63) is 86.9 Å². The summed E-state index contributed by atoms with van der Waals surface area (Å²) in [4.78, 5) is 23.7. The molecule has 3 aromatic rings.